The van der Waals surface area contributed by atoms with Crippen LogP contribution in [0.5, 0.6) is 0 Å². The molecule has 112 valence electrons. The minimum Gasteiger partial charge on any atom is -0.320 e. The first-order valence-corrected chi connectivity index (χ1v) is 8.04. The van der Waals surface area contributed by atoms with Gasteiger partial charge in [0.1, 0.15) is 10.7 Å². The number of hydrogen-bond donors (Lipinski definition) is 1. The van der Waals surface area contributed by atoms with Crippen molar-refractivity contribution < 1.29 is 9.18 Å². The lowest BCUT2D eigenvalue weighted by Gasteiger charge is -2.06. The Bertz CT molecular complexity index is 894. The predicted octanol–water partition coefficient (Wildman–Crippen LogP) is 6.25. The lowest BCUT2D eigenvalue weighted by Crippen LogP contribution is -2.11. The van der Waals surface area contributed by atoms with Crippen molar-refractivity contribution in [3.05, 3.63) is 62.2 Å². The molecule has 7 heteroatoms. The van der Waals surface area contributed by atoms with Crippen molar-refractivity contribution in [1.29, 1.82) is 0 Å². The van der Waals surface area contributed by atoms with Crippen molar-refractivity contribution in [2.24, 2.45) is 0 Å². The molecule has 0 radical (unpaired) electrons. The standard InChI is InChI=1S/C15H7Cl3FNOS/c16-7-1-4-10(17)11(5-7)20-15(21)14-13(18)9-3-2-8(19)6-12(9)22-14/h1-6H,(H,20,21). The van der Waals surface area contributed by atoms with Gasteiger partial charge in [0.2, 0.25) is 0 Å². The summed E-state index contributed by atoms with van der Waals surface area (Å²) in [5.74, 6) is -0.800. The molecule has 0 spiro atoms. The van der Waals surface area contributed by atoms with Gasteiger partial charge in [-0.15, -0.1) is 11.3 Å². The smallest absolute Gasteiger partial charge is 0.267 e. The van der Waals surface area contributed by atoms with Crippen molar-refractivity contribution in [2.75, 3.05) is 5.32 Å². The van der Waals surface area contributed by atoms with E-state index in [-0.39, 0.29) is 10.8 Å². The largest absolute Gasteiger partial charge is 0.320 e. The van der Waals surface area contributed by atoms with Crippen LogP contribution in [0.1, 0.15) is 9.67 Å². The molecule has 1 N–H and O–H groups in total. The van der Waals surface area contributed by atoms with E-state index >= 15 is 0 Å². The number of anilines is 1. The Kier molecular flexibility index (Phi) is 4.28. The van der Waals surface area contributed by atoms with Crippen molar-refractivity contribution in [3.63, 3.8) is 0 Å². The van der Waals surface area contributed by atoms with Gasteiger partial charge < -0.3 is 5.32 Å². The van der Waals surface area contributed by atoms with Gasteiger partial charge in [-0.25, -0.2) is 4.39 Å². The van der Waals surface area contributed by atoms with Crippen molar-refractivity contribution in [2.45, 2.75) is 0 Å². The van der Waals surface area contributed by atoms with Gasteiger partial charge in [0, 0.05) is 15.1 Å². The maximum atomic E-state index is 13.3. The topological polar surface area (TPSA) is 29.1 Å². The number of thiophene rings is 1. The highest BCUT2D eigenvalue weighted by atomic mass is 35.5. The number of rotatable bonds is 2. The summed E-state index contributed by atoms with van der Waals surface area (Å²) in [5.41, 5.74) is 0.388. The molecule has 1 aromatic heterocycles. The number of halogens is 4. The first-order valence-electron chi connectivity index (χ1n) is 6.09. The molecule has 3 rings (SSSR count). The zero-order chi connectivity index (χ0) is 15.9. The highest BCUT2D eigenvalue weighted by Crippen LogP contribution is 2.36. The van der Waals surface area contributed by atoms with Gasteiger partial charge in [-0.2, -0.15) is 0 Å². The summed E-state index contributed by atoms with van der Waals surface area (Å²) >= 11 is 19.2. The molecule has 2 nitrogen and oxygen atoms in total. The number of hydrogen-bond acceptors (Lipinski definition) is 2. The highest BCUT2D eigenvalue weighted by molar-refractivity contribution is 7.21. The molecular formula is C15H7Cl3FNOS. The van der Waals surface area contributed by atoms with E-state index in [1.54, 1.807) is 24.3 Å². The molecule has 3 aromatic rings. The lowest BCUT2D eigenvalue weighted by atomic mass is 10.2. The first-order chi connectivity index (χ1) is 10.5. The number of benzene rings is 2. The molecule has 1 amide bonds. The highest BCUT2D eigenvalue weighted by Gasteiger charge is 2.18. The minimum absolute atomic E-state index is 0.288. The molecule has 0 unspecified atom stereocenters. The van der Waals surface area contributed by atoms with Gasteiger partial charge in [0.15, 0.2) is 0 Å². The second kappa shape index (κ2) is 6.05. The summed E-state index contributed by atoms with van der Waals surface area (Å²) in [4.78, 5) is 12.7. The van der Waals surface area contributed by atoms with Crippen LogP contribution in [0, 0.1) is 5.82 Å². The molecular weight excluding hydrogens is 368 g/mol. The van der Waals surface area contributed by atoms with Gasteiger partial charge in [-0.1, -0.05) is 34.8 Å². The summed E-state index contributed by atoms with van der Waals surface area (Å²) in [5, 5.41) is 4.39. The van der Waals surface area contributed by atoms with Gasteiger partial charge in [0.25, 0.3) is 5.91 Å². The first kappa shape index (κ1) is 15.6. The molecule has 2 aromatic carbocycles. The van der Waals surface area contributed by atoms with Crippen LogP contribution in [0.2, 0.25) is 15.1 Å². The quantitative estimate of drug-likeness (QED) is 0.564. The van der Waals surface area contributed by atoms with E-state index in [2.05, 4.69) is 5.32 Å². The molecule has 22 heavy (non-hydrogen) atoms. The Labute approximate surface area is 144 Å². The Balaban J connectivity index is 1.98. The van der Waals surface area contributed by atoms with Crippen LogP contribution in [0.15, 0.2) is 36.4 Å². The van der Waals surface area contributed by atoms with E-state index in [0.29, 0.717) is 30.7 Å². The average molecular weight is 375 g/mol. The number of carbonyl (C=O) groups is 1. The fraction of sp³-hybridized carbons (Fsp3) is 0. The summed E-state index contributed by atoms with van der Waals surface area (Å²) in [6, 6.07) is 8.94. The monoisotopic (exact) mass is 373 g/mol. The van der Waals surface area contributed by atoms with E-state index in [9.17, 15) is 9.18 Å². The summed E-state index contributed by atoms with van der Waals surface area (Å²) in [7, 11) is 0. The third-order valence-corrected chi connectivity index (χ3v) is 5.19. The van der Waals surface area contributed by atoms with Crippen LogP contribution < -0.4 is 5.32 Å². The van der Waals surface area contributed by atoms with Crippen molar-refractivity contribution in [1.82, 2.24) is 0 Å². The van der Waals surface area contributed by atoms with E-state index in [1.165, 1.54) is 12.1 Å². The van der Waals surface area contributed by atoms with Gasteiger partial charge >= 0.3 is 0 Å². The van der Waals surface area contributed by atoms with Crippen molar-refractivity contribution in [3.8, 4) is 0 Å². The van der Waals surface area contributed by atoms with E-state index in [0.717, 1.165) is 11.3 Å². The summed E-state index contributed by atoms with van der Waals surface area (Å²) in [6.45, 7) is 0. The Hall–Kier alpha value is -1.33. The van der Waals surface area contributed by atoms with Crippen LogP contribution in [0.3, 0.4) is 0 Å². The zero-order valence-corrected chi connectivity index (χ0v) is 13.9. The molecule has 0 aliphatic heterocycles. The van der Waals surface area contributed by atoms with Crippen LogP contribution >= 0.6 is 46.1 Å². The average Bonchev–Trinajstić information content (AvgIpc) is 2.79. The second-order valence-electron chi connectivity index (χ2n) is 4.46. The number of carbonyl (C=O) groups excluding carboxylic acids is 1. The normalized spacial score (nSPS) is 10.9. The SMILES string of the molecule is O=C(Nc1cc(Cl)ccc1Cl)c1sc2cc(F)ccc2c1Cl. The van der Waals surface area contributed by atoms with E-state index in [1.807, 2.05) is 0 Å². The molecule has 1 heterocycles. The molecule has 0 fully saturated rings. The fourth-order valence-corrected chi connectivity index (χ4v) is 3.73. The van der Waals surface area contributed by atoms with Crippen LogP contribution in [0.4, 0.5) is 10.1 Å². The van der Waals surface area contributed by atoms with Gasteiger partial charge in [-0.05, 0) is 36.4 Å². The lowest BCUT2D eigenvalue weighted by molar-refractivity contribution is 0.103. The van der Waals surface area contributed by atoms with Crippen LogP contribution in [-0.4, -0.2) is 5.91 Å². The third-order valence-electron chi connectivity index (χ3n) is 2.97. The molecule has 0 bridgehead atoms. The predicted molar refractivity (Wildman–Crippen MR) is 91.2 cm³/mol. The second-order valence-corrected chi connectivity index (χ2v) is 6.74. The van der Waals surface area contributed by atoms with Gasteiger partial charge in [-0.3, -0.25) is 4.79 Å². The van der Waals surface area contributed by atoms with E-state index in [4.69, 9.17) is 34.8 Å². The summed E-state index contributed by atoms with van der Waals surface area (Å²) in [6.07, 6.45) is 0. The minimum atomic E-state index is -0.421. The maximum absolute atomic E-state index is 13.3. The maximum Gasteiger partial charge on any atom is 0.267 e. The Morgan fingerprint density at radius 1 is 1.09 bits per heavy atom. The fourth-order valence-electron chi connectivity index (χ4n) is 1.96. The Morgan fingerprint density at radius 3 is 2.64 bits per heavy atom. The third kappa shape index (κ3) is 2.92. The van der Waals surface area contributed by atoms with Crippen LogP contribution in [0.25, 0.3) is 10.1 Å². The molecule has 0 saturated heterocycles. The molecule has 0 aliphatic rings. The Morgan fingerprint density at radius 2 is 1.86 bits per heavy atom. The zero-order valence-electron chi connectivity index (χ0n) is 10.8. The summed E-state index contributed by atoms with van der Waals surface area (Å²) < 4.78 is 13.9. The molecule has 0 aliphatic carbocycles. The number of amides is 1. The van der Waals surface area contributed by atoms with Crippen molar-refractivity contribution >= 4 is 67.8 Å². The molecule has 0 saturated carbocycles. The van der Waals surface area contributed by atoms with Crippen LogP contribution in [-0.2, 0) is 0 Å². The van der Waals surface area contributed by atoms with Gasteiger partial charge in [0.05, 0.1) is 15.7 Å². The molecule has 0 atom stereocenters. The number of fused-ring (bicyclic) bond motifs is 1. The number of nitrogens with one attached hydrogen (secondary N) is 1. The van der Waals surface area contributed by atoms with E-state index < -0.39 is 5.91 Å².